The normalized spacial score (nSPS) is 45.4. The number of hydrogen-bond donors (Lipinski definition) is 2. The van der Waals surface area contributed by atoms with Gasteiger partial charge in [0.25, 0.3) is 0 Å². The van der Waals surface area contributed by atoms with Gasteiger partial charge in [-0.2, -0.15) is 0 Å². The van der Waals surface area contributed by atoms with E-state index in [1.165, 1.54) is 37.7 Å². The Morgan fingerprint density at radius 2 is 2.00 bits per heavy atom. The van der Waals surface area contributed by atoms with Crippen LogP contribution in [-0.2, 0) is 0 Å². The van der Waals surface area contributed by atoms with Crippen molar-refractivity contribution in [3.8, 4) is 0 Å². The lowest BCUT2D eigenvalue weighted by Crippen LogP contribution is -2.57. The SMILES string of the molecule is C=C(C)CCC[C@]1(C)CCC[C@@H]2[C@@H]1[C@@H](O)C[C@@H](C)[C@@]2(C)CO. The van der Waals surface area contributed by atoms with Gasteiger partial charge in [0.2, 0.25) is 0 Å². The van der Waals surface area contributed by atoms with Gasteiger partial charge in [-0.25, -0.2) is 0 Å². The van der Waals surface area contributed by atoms with Crippen molar-refractivity contribution in [1.82, 2.24) is 0 Å². The smallest absolute Gasteiger partial charge is 0.0579 e. The molecule has 0 amide bonds. The third-order valence-electron chi connectivity index (χ3n) is 7.18. The largest absolute Gasteiger partial charge is 0.396 e. The highest BCUT2D eigenvalue weighted by atomic mass is 16.3. The van der Waals surface area contributed by atoms with E-state index in [4.69, 9.17) is 0 Å². The van der Waals surface area contributed by atoms with Gasteiger partial charge in [0.05, 0.1) is 6.10 Å². The molecule has 2 fully saturated rings. The number of allylic oxidation sites excluding steroid dienone is 1. The van der Waals surface area contributed by atoms with E-state index in [1.807, 2.05) is 0 Å². The Kier molecular flexibility index (Phi) is 5.44. The Hall–Kier alpha value is -0.340. The molecule has 128 valence electrons. The maximum atomic E-state index is 10.8. The molecule has 2 aliphatic carbocycles. The van der Waals surface area contributed by atoms with E-state index in [-0.39, 0.29) is 23.5 Å². The molecule has 0 aromatic heterocycles. The van der Waals surface area contributed by atoms with E-state index in [2.05, 4.69) is 34.3 Å². The monoisotopic (exact) mass is 308 g/mol. The first kappa shape index (κ1) is 18.0. The second-order valence-corrected chi connectivity index (χ2v) is 8.86. The number of hydrogen-bond acceptors (Lipinski definition) is 2. The third kappa shape index (κ3) is 3.14. The van der Waals surface area contributed by atoms with Crippen molar-refractivity contribution in [3.05, 3.63) is 12.2 Å². The van der Waals surface area contributed by atoms with Crippen LogP contribution in [0, 0.1) is 28.6 Å². The van der Waals surface area contributed by atoms with Gasteiger partial charge in [0, 0.05) is 6.61 Å². The van der Waals surface area contributed by atoms with Gasteiger partial charge in [-0.15, -0.1) is 6.58 Å². The average molecular weight is 309 g/mol. The number of aliphatic hydroxyl groups is 2. The lowest BCUT2D eigenvalue weighted by molar-refractivity contribution is -0.160. The van der Waals surface area contributed by atoms with Crippen LogP contribution in [0.2, 0.25) is 0 Å². The first-order chi connectivity index (χ1) is 10.2. The van der Waals surface area contributed by atoms with Crippen molar-refractivity contribution in [1.29, 1.82) is 0 Å². The topological polar surface area (TPSA) is 40.5 Å². The summed E-state index contributed by atoms with van der Waals surface area (Å²) in [6, 6.07) is 0. The summed E-state index contributed by atoms with van der Waals surface area (Å²) in [5, 5.41) is 20.9. The summed E-state index contributed by atoms with van der Waals surface area (Å²) >= 11 is 0. The fraction of sp³-hybridized carbons (Fsp3) is 0.900. The van der Waals surface area contributed by atoms with E-state index in [1.54, 1.807) is 0 Å². The minimum Gasteiger partial charge on any atom is -0.396 e. The third-order valence-corrected chi connectivity index (χ3v) is 7.18. The van der Waals surface area contributed by atoms with Crippen molar-refractivity contribution >= 4 is 0 Å². The van der Waals surface area contributed by atoms with Crippen molar-refractivity contribution < 1.29 is 10.2 Å². The molecule has 2 aliphatic rings. The predicted octanol–water partition coefficient (Wildman–Crippen LogP) is 4.55. The van der Waals surface area contributed by atoms with Crippen molar-refractivity contribution in [3.63, 3.8) is 0 Å². The second-order valence-electron chi connectivity index (χ2n) is 8.86. The molecule has 22 heavy (non-hydrogen) atoms. The van der Waals surface area contributed by atoms with Crippen molar-refractivity contribution in [2.24, 2.45) is 28.6 Å². The zero-order chi connectivity index (χ0) is 16.5. The molecule has 2 nitrogen and oxygen atoms in total. The van der Waals surface area contributed by atoms with E-state index < -0.39 is 0 Å². The molecule has 6 atom stereocenters. The number of rotatable bonds is 5. The summed E-state index contributed by atoms with van der Waals surface area (Å²) in [5.41, 5.74) is 1.45. The summed E-state index contributed by atoms with van der Waals surface area (Å²) in [4.78, 5) is 0. The predicted molar refractivity (Wildman–Crippen MR) is 92.6 cm³/mol. The van der Waals surface area contributed by atoms with Crippen LogP contribution in [0.4, 0.5) is 0 Å². The molecule has 0 aromatic rings. The molecule has 0 spiro atoms. The van der Waals surface area contributed by atoms with Crippen LogP contribution in [-0.4, -0.2) is 22.9 Å². The minimum absolute atomic E-state index is 0.0278. The maximum absolute atomic E-state index is 10.8. The van der Waals surface area contributed by atoms with Crippen LogP contribution in [0.3, 0.4) is 0 Å². The highest BCUT2D eigenvalue weighted by Crippen LogP contribution is 2.60. The molecule has 2 heteroatoms. The molecule has 0 bridgehead atoms. The van der Waals surface area contributed by atoms with Crippen molar-refractivity contribution in [2.75, 3.05) is 6.61 Å². The zero-order valence-electron chi connectivity index (χ0n) is 15.1. The molecule has 2 saturated carbocycles. The van der Waals surface area contributed by atoms with Gasteiger partial charge in [-0.3, -0.25) is 0 Å². The molecule has 0 saturated heterocycles. The molecule has 2 rings (SSSR count). The van der Waals surface area contributed by atoms with Gasteiger partial charge < -0.3 is 10.2 Å². The van der Waals surface area contributed by atoms with Crippen LogP contribution < -0.4 is 0 Å². The quantitative estimate of drug-likeness (QED) is 0.731. The molecule has 0 unspecified atom stereocenters. The molecule has 2 N–H and O–H groups in total. The summed E-state index contributed by atoms with van der Waals surface area (Å²) < 4.78 is 0. The molecule has 0 heterocycles. The first-order valence-corrected chi connectivity index (χ1v) is 9.18. The average Bonchev–Trinajstić information content (AvgIpc) is 2.44. The van der Waals surface area contributed by atoms with Gasteiger partial charge in [0.1, 0.15) is 0 Å². The molecule has 0 aliphatic heterocycles. The van der Waals surface area contributed by atoms with Gasteiger partial charge in [0.15, 0.2) is 0 Å². The van der Waals surface area contributed by atoms with Crippen LogP contribution in [0.5, 0.6) is 0 Å². The van der Waals surface area contributed by atoms with Crippen LogP contribution >= 0.6 is 0 Å². The summed E-state index contributed by atoms with van der Waals surface area (Å²) in [5.74, 6) is 1.20. The van der Waals surface area contributed by atoms with E-state index in [0.717, 1.165) is 12.8 Å². The number of aliphatic hydroxyl groups excluding tert-OH is 2. The molecular weight excluding hydrogens is 272 g/mol. The van der Waals surface area contributed by atoms with Crippen LogP contribution in [0.1, 0.15) is 72.6 Å². The lowest BCUT2D eigenvalue weighted by Gasteiger charge is -2.59. The van der Waals surface area contributed by atoms with Gasteiger partial charge >= 0.3 is 0 Å². The van der Waals surface area contributed by atoms with E-state index in [9.17, 15) is 10.2 Å². The Balaban J connectivity index is 2.21. The van der Waals surface area contributed by atoms with Gasteiger partial charge in [-0.05, 0) is 74.0 Å². The fourth-order valence-electron chi connectivity index (χ4n) is 5.53. The van der Waals surface area contributed by atoms with E-state index in [0.29, 0.717) is 17.8 Å². The van der Waals surface area contributed by atoms with Crippen LogP contribution in [0.15, 0.2) is 12.2 Å². The molecular formula is C20H36O2. The Bertz CT molecular complexity index is 405. The highest BCUT2D eigenvalue weighted by Gasteiger charge is 2.56. The zero-order valence-corrected chi connectivity index (χ0v) is 15.1. The summed E-state index contributed by atoms with van der Waals surface area (Å²) in [6.45, 7) is 13.2. The first-order valence-electron chi connectivity index (χ1n) is 9.18. The fourth-order valence-corrected chi connectivity index (χ4v) is 5.53. The van der Waals surface area contributed by atoms with Crippen LogP contribution in [0.25, 0.3) is 0 Å². The Morgan fingerprint density at radius 3 is 2.59 bits per heavy atom. The van der Waals surface area contributed by atoms with Gasteiger partial charge in [-0.1, -0.05) is 32.8 Å². The standard InChI is InChI=1S/C20H36O2/c1-14(2)8-6-10-19(4)11-7-9-16-18(19)17(22)12-15(3)20(16,5)13-21/h15-18,21-22H,1,6-13H2,2-5H3/t15-,16-,17+,18-,19-,20-/m1/s1. The highest BCUT2D eigenvalue weighted by molar-refractivity contribution is 5.05. The Labute approximate surface area is 137 Å². The number of fused-ring (bicyclic) bond motifs is 1. The second kappa shape index (κ2) is 6.65. The van der Waals surface area contributed by atoms with E-state index >= 15 is 0 Å². The summed E-state index contributed by atoms with van der Waals surface area (Å²) in [6.07, 6.45) is 7.71. The minimum atomic E-state index is -0.199. The maximum Gasteiger partial charge on any atom is 0.0579 e. The molecule has 0 aromatic carbocycles. The Morgan fingerprint density at radius 1 is 1.32 bits per heavy atom. The molecule has 0 radical (unpaired) electrons. The lowest BCUT2D eigenvalue weighted by atomic mass is 9.47. The summed E-state index contributed by atoms with van der Waals surface area (Å²) in [7, 11) is 0. The van der Waals surface area contributed by atoms with Crippen molar-refractivity contribution in [2.45, 2.75) is 78.7 Å².